The maximum atomic E-state index is 13.1. The highest BCUT2D eigenvalue weighted by molar-refractivity contribution is 5.94. The van der Waals surface area contributed by atoms with Gasteiger partial charge in [0.1, 0.15) is 5.82 Å². The van der Waals surface area contributed by atoms with E-state index in [0.717, 1.165) is 19.3 Å². The molecule has 150 valence electrons. The summed E-state index contributed by atoms with van der Waals surface area (Å²) in [6, 6.07) is 5.44. The van der Waals surface area contributed by atoms with E-state index in [1.54, 1.807) is 9.80 Å². The van der Waals surface area contributed by atoms with Gasteiger partial charge in [-0.15, -0.1) is 0 Å². The average molecular weight is 388 g/mol. The molecule has 2 amide bonds. The minimum atomic E-state index is -0.790. The summed E-state index contributed by atoms with van der Waals surface area (Å²) in [5.74, 6) is -1.68. The van der Waals surface area contributed by atoms with Crippen molar-refractivity contribution in [3.63, 3.8) is 0 Å². The number of amides is 2. The van der Waals surface area contributed by atoms with Crippen LogP contribution in [-0.2, 0) is 9.59 Å². The van der Waals surface area contributed by atoms with Gasteiger partial charge >= 0.3 is 5.97 Å². The predicted molar refractivity (Wildman–Crippen MR) is 99.0 cm³/mol. The van der Waals surface area contributed by atoms with E-state index in [-0.39, 0.29) is 30.2 Å². The maximum absolute atomic E-state index is 13.1. The molecule has 7 heteroatoms. The maximum Gasteiger partial charge on any atom is 0.311 e. The fraction of sp³-hybridized carbons (Fsp3) is 0.571. The smallest absolute Gasteiger partial charge is 0.311 e. The molecule has 3 atom stereocenters. The molecule has 1 aliphatic carbocycles. The van der Waals surface area contributed by atoms with Gasteiger partial charge in [-0.2, -0.15) is 0 Å². The van der Waals surface area contributed by atoms with Crippen LogP contribution in [0.5, 0.6) is 0 Å². The molecular weight excluding hydrogens is 363 g/mol. The molecule has 6 nitrogen and oxygen atoms in total. The van der Waals surface area contributed by atoms with E-state index < -0.39 is 17.2 Å². The molecule has 3 aliphatic rings. The quantitative estimate of drug-likeness (QED) is 0.863. The summed E-state index contributed by atoms with van der Waals surface area (Å²) in [5.41, 5.74) is -0.372. The van der Waals surface area contributed by atoms with Crippen LogP contribution in [0.3, 0.4) is 0 Å². The van der Waals surface area contributed by atoms with E-state index in [4.69, 9.17) is 0 Å². The summed E-state index contributed by atoms with van der Waals surface area (Å²) in [6.07, 6.45) is 3.83. The first kappa shape index (κ1) is 18.9. The Morgan fingerprint density at radius 2 is 1.79 bits per heavy atom. The molecule has 1 saturated carbocycles. The molecule has 4 rings (SSSR count). The first-order valence-corrected chi connectivity index (χ1v) is 9.98. The first-order valence-electron chi connectivity index (χ1n) is 9.98. The first-order chi connectivity index (χ1) is 13.4. The van der Waals surface area contributed by atoms with Crippen LogP contribution in [-0.4, -0.2) is 58.9 Å². The van der Waals surface area contributed by atoms with Crippen LogP contribution in [0.25, 0.3) is 0 Å². The standard InChI is InChI=1S/C21H25FN2O4/c22-17-7-5-14(6-8-17)18(25)23-10-2-3-15(11-23)19(26)24-12-16-4-1-9-21(16,13-24)20(27)28/h5-8,15-16H,1-4,9-13H2,(H,27,28)/t15?,16-,21+/m0/s1. The molecule has 3 fully saturated rings. The van der Waals surface area contributed by atoms with Gasteiger partial charge in [-0.3, -0.25) is 14.4 Å². The summed E-state index contributed by atoms with van der Waals surface area (Å²) in [5, 5.41) is 9.73. The van der Waals surface area contributed by atoms with Gasteiger partial charge in [0.05, 0.1) is 11.3 Å². The predicted octanol–water partition coefficient (Wildman–Crippen LogP) is 2.39. The Morgan fingerprint density at radius 3 is 2.46 bits per heavy atom. The minimum Gasteiger partial charge on any atom is -0.481 e. The summed E-state index contributed by atoms with van der Waals surface area (Å²) < 4.78 is 13.1. The zero-order chi connectivity index (χ0) is 19.9. The van der Waals surface area contributed by atoms with Crippen molar-refractivity contribution in [2.75, 3.05) is 26.2 Å². The van der Waals surface area contributed by atoms with Crippen molar-refractivity contribution < 1.29 is 23.9 Å². The van der Waals surface area contributed by atoms with Crippen LogP contribution in [0.2, 0.25) is 0 Å². The van der Waals surface area contributed by atoms with Gasteiger partial charge in [-0.1, -0.05) is 6.42 Å². The zero-order valence-corrected chi connectivity index (χ0v) is 15.8. The monoisotopic (exact) mass is 388 g/mol. The summed E-state index contributed by atoms with van der Waals surface area (Å²) in [6.45, 7) is 1.69. The number of carbonyl (C=O) groups is 3. The molecule has 0 bridgehead atoms. The van der Waals surface area contributed by atoms with Gasteiger partial charge in [0.15, 0.2) is 0 Å². The van der Waals surface area contributed by atoms with Gasteiger partial charge in [0.25, 0.3) is 5.91 Å². The minimum absolute atomic E-state index is 0.0355. The number of rotatable bonds is 3. The number of nitrogens with zero attached hydrogens (tertiary/aromatic N) is 2. The highest BCUT2D eigenvalue weighted by Gasteiger charge is 2.56. The molecule has 1 N–H and O–H groups in total. The molecule has 0 aromatic heterocycles. The van der Waals surface area contributed by atoms with E-state index in [0.29, 0.717) is 38.0 Å². The van der Waals surface area contributed by atoms with Crippen LogP contribution >= 0.6 is 0 Å². The number of benzene rings is 1. The van der Waals surface area contributed by atoms with E-state index in [1.165, 1.54) is 24.3 Å². The topological polar surface area (TPSA) is 77.9 Å². The largest absolute Gasteiger partial charge is 0.481 e. The second kappa shape index (κ2) is 7.18. The highest BCUT2D eigenvalue weighted by Crippen LogP contribution is 2.49. The van der Waals surface area contributed by atoms with E-state index in [1.807, 2.05) is 0 Å². The summed E-state index contributed by atoms with van der Waals surface area (Å²) in [7, 11) is 0. The lowest BCUT2D eigenvalue weighted by Gasteiger charge is -2.34. The molecule has 1 aromatic rings. The Bertz CT molecular complexity index is 796. The third-order valence-corrected chi connectivity index (χ3v) is 6.76. The van der Waals surface area contributed by atoms with Crippen LogP contribution in [0.4, 0.5) is 4.39 Å². The number of piperidine rings is 1. The number of likely N-dealkylation sites (tertiary alicyclic amines) is 2. The zero-order valence-electron chi connectivity index (χ0n) is 15.8. The number of carboxylic acid groups (broad SMARTS) is 1. The van der Waals surface area contributed by atoms with Crippen LogP contribution in [0, 0.1) is 23.1 Å². The van der Waals surface area contributed by atoms with Crippen LogP contribution in [0.15, 0.2) is 24.3 Å². The van der Waals surface area contributed by atoms with Crippen molar-refractivity contribution in [1.29, 1.82) is 0 Å². The molecular formula is C21H25FN2O4. The van der Waals surface area contributed by atoms with Crippen molar-refractivity contribution in [3.8, 4) is 0 Å². The second-order valence-corrected chi connectivity index (χ2v) is 8.37. The molecule has 0 spiro atoms. The van der Waals surface area contributed by atoms with E-state index >= 15 is 0 Å². The number of carbonyl (C=O) groups excluding carboxylic acids is 2. The number of halogens is 1. The van der Waals surface area contributed by atoms with Crippen molar-refractivity contribution in [2.24, 2.45) is 17.3 Å². The average Bonchev–Trinajstić information content (AvgIpc) is 3.26. The van der Waals surface area contributed by atoms with Crippen molar-refractivity contribution >= 4 is 17.8 Å². The molecule has 2 heterocycles. The molecule has 2 saturated heterocycles. The van der Waals surface area contributed by atoms with Gasteiger partial charge in [0, 0.05) is 31.7 Å². The third kappa shape index (κ3) is 3.16. The number of hydrogen-bond acceptors (Lipinski definition) is 3. The Morgan fingerprint density at radius 1 is 1.04 bits per heavy atom. The van der Waals surface area contributed by atoms with Crippen molar-refractivity contribution in [1.82, 2.24) is 9.80 Å². The van der Waals surface area contributed by atoms with Gasteiger partial charge in [-0.05, 0) is 55.9 Å². The van der Waals surface area contributed by atoms with E-state index in [2.05, 4.69) is 0 Å². The molecule has 2 aliphatic heterocycles. The van der Waals surface area contributed by atoms with Gasteiger partial charge < -0.3 is 14.9 Å². The van der Waals surface area contributed by atoms with E-state index in [9.17, 15) is 23.9 Å². The van der Waals surface area contributed by atoms with Gasteiger partial charge in [-0.25, -0.2) is 4.39 Å². The lowest BCUT2D eigenvalue weighted by atomic mass is 9.81. The molecule has 1 unspecified atom stereocenters. The Hall–Kier alpha value is -2.44. The molecule has 1 aromatic carbocycles. The van der Waals surface area contributed by atoms with Crippen LogP contribution in [0.1, 0.15) is 42.5 Å². The third-order valence-electron chi connectivity index (χ3n) is 6.76. The second-order valence-electron chi connectivity index (χ2n) is 8.37. The number of aliphatic carboxylic acids is 1. The normalized spacial score (nSPS) is 29.6. The Kier molecular flexibility index (Phi) is 4.85. The molecule has 28 heavy (non-hydrogen) atoms. The number of hydrogen-bond donors (Lipinski definition) is 1. The van der Waals surface area contributed by atoms with Gasteiger partial charge in [0.2, 0.25) is 5.91 Å². The Labute approximate surface area is 163 Å². The lowest BCUT2D eigenvalue weighted by Crippen LogP contribution is -2.47. The van der Waals surface area contributed by atoms with Crippen molar-refractivity contribution in [2.45, 2.75) is 32.1 Å². The Balaban J connectivity index is 1.43. The number of fused-ring (bicyclic) bond motifs is 1. The van der Waals surface area contributed by atoms with Crippen molar-refractivity contribution in [3.05, 3.63) is 35.6 Å². The summed E-state index contributed by atoms with van der Waals surface area (Å²) in [4.78, 5) is 41.0. The molecule has 0 radical (unpaired) electrons. The van der Waals surface area contributed by atoms with Crippen LogP contribution < -0.4 is 0 Å². The SMILES string of the molecule is O=C(c1ccc(F)cc1)N1CCCC(C(=O)N2C[C@@H]3CCC[C@@]3(C(=O)O)C2)C1. The highest BCUT2D eigenvalue weighted by atomic mass is 19.1. The summed E-state index contributed by atoms with van der Waals surface area (Å²) >= 11 is 0. The lowest BCUT2D eigenvalue weighted by molar-refractivity contribution is -0.149. The fourth-order valence-corrected chi connectivity index (χ4v) is 5.20. The number of carboxylic acids is 1. The fourth-order valence-electron chi connectivity index (χ4n) is 5.20.